The van der Waals surface area contributed by atoms with E-state index in [2.05, 4.69) is 79.8 Å². The van der Waals surface area contributed by atoms with Gasteiger partial charge in [0.2, 0.25) is 0 Å². The highest BCUT2D eigenvalue weighted by Gasteiger charge is 2.08. The monoisotopic (exact) mass is 239 g/mol. The Bertz CT molecular complexity index is 404. The molecule has 0 aliphatic rings. The van der Waals surface area contributed by atoms with Gasteiger partial charge in [0.25, 0.3) is 0 Å². The molecular weight excluding hydrogens is 218 g/mol. The molecule has 0 aromatic heterocycles. The molecule has 2 aromatic carbocycles. The molecule has 18 heavy (non-hydrogen) atoms. The zero-order valence-corrected chi connectivity index (χ0v) is 11.1. The highest BCUT2D eigenvalue weighted by Crippen LogP contribution is 2.16. The Hall–Kier alpha value is -1.60. The van der Waals surface area contributed by atoms with Gasteiger partial charge in [-0.3, -0.25) is 0 Å². The van der Waals surface area contributed by atoms with Gasteiger partial charge in [0.15, 0.2) is 0 Å². The molecule has 0 aliphatic carbocycles. The molecule has 0 heterocycles. The van der Waals surface area contributed by atoms with Gasteiger partial charge in [-0.2, -0.15) is 0 Å². The number of hydrogen-bond donors (Lipinski definition) is 1. The maximum atomic E-state index is 3.60. The standard InChI is InChI=1S/C17H21N/c1-14(16-9-5-3-6-10-16)13-18-15(2)17-11-7-4-8-12-17/h3-12,14-15,18H,13H2,1-2H3/t14-,15-/m1/s1. The second-order valence-corrected chi connectivity index (χ2v) is 4.85. The normalized spacial score (nSPS) is 14.1. The van der Waals surface area contributed by atoms with Gasteiger partial charge in [0, 0.05) is 12.6 Å². The van der Waals surface area contributed by atoms with Crippen molar-refractivity contribution in [1.29, 1.82) is 0 Å². The summed E-state index contributed by atoms with van der Waals surface area (Å²) in [5.41, 5.74) is 2.74. The van der Waals surface area contributed by atoms with Gasteiger partial charge in [-0.1, -0.05) is 67.6 Å². The van der Waals surface area contributed by atoms with Crippen molar-refractivity contribution in [3.63, 3.8) is 0 Å². The Labute approximate surface area is 110 Å². The van der Waals surface area contributed by atoms with Crippen molar-refractivity contribution < 1.29 is 0 Å². The SMILES string of the molecule is C[C@H](CN[C@H](C)c1ccccc1)c1ccccc1. The highest BCUT2D eigenvalue weighted by atomic mass is 14.9. The van der Waals surface area contributed by atoms with Crippen LogP contribution in [0.5, 0.6) is 0 Å². The fourth-order valence-corrected chi connectivity index (χ4v) is 2.11. The van der Waals surface area contributed by atoms with Crippen LogP contribution in [0.15, 0.2) is 60.7 Å². The van der Waals surface area contributed by atoms with Crippen LogP contribution in [0.4, 0.5) is 0 Å². The Balaban J connectivity index is 1.89. The maximum Gasteiger partial charge on any atom is 0.0292 e. The molecule has 0 amide bonds. The molecule has 0 unspecified atom stereocenters. The lowest BCUT2D eigenvalue weighted by molar-refractivity contribution is 0.537. The summed E-state index contributed by atoms with van der Waals surface area (Å²) in [6, 6.07) is 21.6. The molecule has 2 atom stereocenters. The Kier molecular flexibility index (Phi) is 4.54. The lowest BCUT2D eigenvalue weighted by Crippen LogP contribution is -2.23. The molecule has 0 radical (unpaired) electrons. The van der Waals surface area contributed by atoms with E-state index in [1.54, 1.807) is 0 Å². The Morgan fingerprint density at radius 3 is 1.83 bits per heavy atom. The van der Waals surface area contributed by atoms with E-state index in [0.717, 1.165) is 6.54 Å². The van der Waals surface area contributed by atoms with Crippen LogP contribution >= 0.6 is 0 Å². The minimum atomic E-state index is 0.400. The predicted octanol–water partition coefficient (Wildman–Crippen LogP) is 4.14. The number of benzene rings is 2. The van der Waals surface area contributed by atoms with Crippen molar-refractivity contribution >= 4 is 0 Å². The quantitative estimate of drug-likeness (QED) is 0.827. The first kappa shape index (κ1) is 12.8. The molecule has 1 N–H and O–H groups in total. The third-order valence-electron chi connectivity index (χ3n) is 3.40. The van der Waals surface area contributed by atoms with Crippen LogP contribution in [0, 0.1) is 0 Å². The average Bonchev–Trinajstić information content (AvgIpc) is 2.46. The van der Waals surface area contributed by atoms with Gasteiger partial charge in [-0.05, 0) is 24.0 Å². The van der Waals surface area contributed by atoms with Crippen LogP contribution in [-0.2, 0) is 0 Å². The van der Waals surface area contributed by atoms with Crippen LogP contribution in [0.25, 0.3) is 0 Å². The third kappa shape index (κ3) is 3.44. The predicted molar refractivity (Wildman–Crippen MR) is 77.7 cm³/mol. The molecule has 2 rings (SSSR count). The van der Waals surface area contributed by atoms with Gasteiger partial charge >= 0.3 is 0 Å². The lowest BCUT2D eigenvalue weighted by atomic mass is 10.0. The largest absolute Gasteiger partial charge is 0.310 e. The number of rotatable bonds is 5. The molecule has 0 saturated heterocycles. The molecule has 0 spiro atoms. The van der Waals surface area contributed by atoms with Crippen molar-refractivity contribution in [2.24, 2.45) is 0 Å². The lowest BCUT2D eigenvalue weighted by Gasteiger charge is -2.18. The molecule has 0 bridgehead atoms. The van der Waals surface area contributed by atoms with E-state index in [9.17, 15) is 0 Å². The first-order valence-corrected chi connectivity index (χ1v) is 6.60. The van der Waals surface area contributed by atoms with Crippen molar-refractivity contribution in [2.45, 2.75) is 25.8 Å². The summed E-state index contributed by atoms with van der Waals surface area (Å²) in [6.07, 6.45) is 0. The highest BCUT2D eigenvalue weighted by molar-refractivity contribution is 5.20. The molecule has 94 valence electrons. The Morgan fingerprint density at radius 2 is 1.28 bits per heavy atom. The minimum Gasteiger partial charge on any atom is -0.310 e. The average molecular weight is 239 g/mol. The van der Waals surface area contributed by atoms with Crippen LogP contribution < -0.4 is 5.32 Å². The number of nitrogens with one attached hydrogen (secondary N) is 1. The van der Waals surface area contributed by atoms with Crippen molar-refractivity contribution in [3.8, 4) is 0 Å². The summed E-state index contributed by atoms with van der Waals surface area (Å²) in [6.45, 7) is 5.48. The fourth-order valence-electron chi connectivity index (χ4n) is 2.11. The van der Waals surface area contributed by atoms with E-state index in [1.165, 1.54) is 11.1 Å². The van der Waals surface area contributed by atoms with Gasteiger partial charge in [0.05, 0.1) is 0 Å². The molecule has 1 heteroatoms. The van der Waals surface area contributed by atoms with Gasteiger partial charge in [0.1, 0.15) is 0 Å². The van der Waals surface area contributed by atoms with Crippen LogP contribution in [0.2, 0.25) is 0 Å². The van der Waals surface area contributed by atoms with E-state index in [1.807, 2.05) is 0 Å². The summed E-state index contributed by atoms with van der Waals surface area (Å²) in [5.74, 6) is 0.539. The van der Waals surface area contributed by atoms with E-state index < -0.39 is 0 Å². The van der Waals surface area contributed by atoms with Crippen LogP contribution in [0.1, 0.15) is 36.9 Å². The first-order valence-electron chi connectivity index (χ1n) is 6.60. The summed E-state index contributed by atoms with van der Waals surface area (Å²) in [4.78, 5) is 0. The van der Waals surface area contributed by atoms with Gasteiger partial charge in [-0.25, -0.2) is 0 Å². The fraction of sp³-hybridized carbons (Fsp3) is 0.294. The first-order chi connectivity index (χ1) is 8.77. The van der Waals surface area contributed by atoms with Crippen molar-refractivity contribution in [2.75, 3.05) is 6.54 Å². The maximum absolute atomic E-state index is 3.60. The van der Waals surface area contributed by atoms with Gasteiger partial charge in [-0.15, -0.1) is 0 Å². The summed E-state index contributed by atoms with van der Waals surface area (Å²) in [7, 11) is 0. The van der Waals surface area contributed by atoms with Crippen molar-refractivity contribution in [3.05, 3.63) is 71.8 Å². The molecule has 0 saturated carbocycles. The summed E-state index contributed by atoms with van der Waals surface area (Å²) < 4.78 is 0. The molecular formula is C17H21N. The van der Waals surface area contributed by atoms with Gasteiger partial charge < -0.3 is 5.32 Å². The molecule has 0 aliphatic heterocycles. The van der Waals surface area contributed by atoms with Crippen LogP contribution in [-0.4, -0.2) is 6.54 Å². The topological polar surface area (TPSA) is 12.0 Å². The van der Waals surface area contributed by atoms with E-state index in [-0.39, 0.29) is 0 Å². The van der Waals surface area contributed by atoms with E-state index in [4.69, 9.17) is 0 Å². The minimum absolute atomic E-state index is 0.400. The second kappa shape index (κ2) is 6.36. The van der Waals surface area contributed by atoms with E-state index in [0.29, 0.717) is 12.0 Å². The second-order valence-electron chi connectivity index (χ2n) is 4.85. The zero-order valence-electron chi connectivity index (χ0n) is 11.1. The third-order valence-corrected chi connectivity index (χ3v) is 3.40. The summed E-state index contributed by atoms with van der Waals surface area (Å²) in [5, 5.41) is 3.60. The smallest absolute Gasteiger partial charge is 0.0292 e. The van der Waals surface area contributed by atoms with Crippen molar-refractivity contribution in [1.82, 2.24) is 5.32 Å². The zero-order chi connectivity index (χ0) is 12.8. The Morgan fingerprint density at radius 1 is 0.778 bits per heavy atom. The number of hydrogen-bond acceptors (Lipinski definition) is 1. The molecule has 2 aromatic rings. The molecule has 1 nitrogen and oxygen atoms in total. The van der Waals surface area contributed by atoms with Crippen LogP contribution in [0.3, 0.4) is 0 Å². The summed E-state index contributed by atoms with van der Waals surface area (Å²) >= 11 is 0. The molecule has 0 fully saturated rings. The van der Waals surface area contributed by atoms with E-state index >= 15 is 0 Å².